The zero-order chi connectivity index (χ0) is 22.8. The molecular weight excluding hydrogens is 411 g/mol. The molecule has 0 fully saturated rings. The summed E-state index contributed by atoms with van der Waals surface area (Å²) in [6.07, 6.45) is 0. The predicted octanol–water partition coefficient (Wildman–Crippen LogP) is 5.51. The summed E-state index contributed by atoms with van der Waals surface area (Å²) in [6.45, 7) is 7.13. The third kappa shape index (κ3) is 2.07. The first-order valence-electron chi connectivity index (χ1n) is 12.1. The van der Waals surface area contributed by atoms with Gasteiger partial charge in [0.05, 0.1) is 16.6 Å². The van der Waals surface area contributed by atoms with Crippen LogP contribution in [0.4, 0.5) is 0 Å². The first kappa shape index (κ1) is 18.6. The third-order valence-corrected chi connectivity index (χ3v) is 7.85. The second-order valence-corrected chi connectivity index (χ2v) is 10.8. The maximum absolute atomic E-state index is 5.43. The quantitative estimate of drug-likeness (QED) is 0.312. The molecule has 5 aromatic carbocycles. The van der Waals surface area contributed by atoms with Gasteiger partial charge in [-0.15, -0.1) is 0 Å². The van der Waals surface area contributed by atoms with Crippen molar-refractivity contribution in [2.45, 2.75) is 26.2 Å². The summed E-state index contributed by atoms with van der Waals surface area (Å²) < 4.78 is 2.48. The summed E-state index contributed by atoms with van der Waals surface area (Å²) in [5.41, 5.74) is 10.3. The lowest BCUT2D eigenvalue weighted by Crippen LogP contribution is -2.55. The number of rotatable bonds is 1. The van der Waals surface area contributed by atoms with Gasteiger partial charge in [-0.3, -0.25) is 4.40 Å². The fourth-order valence-corrected chi connectivity index (χ4v) is 6.67. The second-order valence-electron chi connectivity index (χ2n) is 10.8. The van der Waals surface area contributed by atoms with Gasteiger partial charge in [0.15, 0.2) is 0 Å². The molecule has 0 N–H and O–H groups in total. The Labute approximate surface area is 198 Å². The molecule has 160 valence electrons. The second kappa shape index (κ2) is 5.98. The van der Waals surface area contributed by atoms with Gasteiger partial charge in [0.1, 0.15) is 5.65 Å². The summed E-state index contributed by atoms with van der Waals surface area (Å²) in [5.74, 6) is 0. The van der Waals surface area contributed by atoms with Gasteiger partial charge in [-0.2, -0.15) is 0 Å². The number of aromatic nitrogens is 2. The average molecular weight is 434 g/mol. The fourth-order valence-electron chi connectivity index (χ4n) is 6.67. The summed E-state index contributed by atoms with van der Waals surface area (Å²) >= 11 is 0. The highest BCUT2D eigenvalue weighted by Crippen LogP contribution is 2.41. The Bertz CT molecular complexity index is 1940. The molecule has 0 amide bonds. The van der Waals surface area contributed by atoms with Crippen molar-refractivity contribution in [2.75, 3.05) is 0 Å². The largest absolute Gasteiger partial charge is 0.293 e. The Morgan fingerprint density at radius 1 is 0.706 bits per heavy atom. The molecule has 3 heterocycles. The predicted molar refractivity (Wildman–Crippen MR) is 146 cm³/mol. The van der Waals surface area contributed by atoms with E-state index in [4.69, 9.17) is 4.98 Å². The van der Waals surface area contributed by atoms with Gasteiger partial charge >= 0.3 is 0 Å². The Morgan fingerprint density at radius 2 is 1.44 bits per heavy atom. The van der Waals surface area contributed by atoms with Gasteiger partial charge in [-0.05, 0) is 38.1 Å². The molecule has 0 atom stereocenters. The van der Waals surface area contributed by atoms with Crippen LogP contribution in [0.5, 0.6) is 0 Å². The van der Waals surface area contributed by atoms with Crippen molar-refractivity contribution in [3.8, 4) is 0 Å². The SMILES string of the molecule is CC(C)(C)c1c2ccccc2c2c3c1nc1c4cccc5ccc(c(c54)n13)B2c1ccccc1. The van der Waals surface area contributed by atoms with E-state index in [9.17, 15) is 0 Å². The Hall–Kier alpha value is -3.85. The van der Waals surface area contributed by atoms with E-state index in [0.717, 1.165) is 11.2 Å². The van der Waals surface area contributed by atoms with E-state index in [1.54, 1.807) is 0 Å². The summed E-state index contributed by atoms with van der Waals surface area (Å²) in [5, 5.41) is 6.57. The van der Waals surface area contributed by atoms with E-state index in [-0.39, 0.29) is 12.1 Å². The normalized spacial score (nSPS) is 13.7. The lowest BCUT2D eigenvalue weighted by atomic mass is 9.35. The minimum atomic E-state index is -0.0260. The molecule has 0 radical (unpaired) electrons. The molecule has 0 bridgehead atoms. The molecule has 7 aromatic rings. The highest BCUT2D eigenvalue weighted by molar-refractivity contribution is 7.00. The molecular formula is C31H23BN2. The standard InChI is InChI=1S/C31H23BN2/c1-31(2,3)25-20-13-7-8-14-21(20)26-29-27(25)33-30-22-15-9-10-18-16-17-23(28(24(18)22)34(29)30)32(26)19-11-5-4-6-12-19/h4-17H,1-3H3. The maximum Gasteiger partial charge on any atom is 0.247 e. The molecule has 0 spiro atoms. The van der Waals surface area contributed by atoms with E-state index in [0.29, 0.717) is 0 Å². The monoisotopic (exact) mass is 434 g/mol. The van der Waals surface area contributed by atoms with E-state index >= 15 is 0 Å². The molecule has 34 heavy (non-hydrogen) atoms. The number of hydrogen-bond acceptors (Lipinski definition) is 1. The molecule has 1 aliphatic rings. The number of fused-ring (bicyclic) bond motifs is 3. The molecule has 0 saturated carbocycles. The van der Waals surface area contributed by atoms with Gasteiger partial charge in [-0.25, -0.2) is 4.98 Å². The number of benzene rings is 5. The Kier molecular flexibility index (Phi) is 3.27. The Morgan fingerprint density at radius 3 is 2.24 bits per heavy atom. The van der Waals surface area contributed by atoms with E-state index in [1.165, 1.54) is 59.9 Å². The smallest absolute Gasteiger partial charge is 0.247 e. The molecule has 0 saturated heterocycles. The lowest BCUT2D eigenvalue weighted by Gasteiger charge is -2.28. The zero-order valence-electron chi connectivity index (χ0n) is 19.6. The number of hydrogen-bond donors (Lipinski definition) is 0. The average Bonchev–Trinajstić information content (AvgIpc) is 3.38. The van der Waals surface area contributed by atoms with E-state index < -0.39 is 0 Å². The van der Waals surface area contributed by atoms with Crippen molar-refractivity contribution in [3.63, 3.8) is 0 Å². The van der Waals surface area contributed by atoms with Crippen molar-refractivity contribution in [2.24, 2.45) is 0 Å². The minimum absolute atomic E-state index is 0.0260. The van der Waals surface area contributed by atoms with Crippen molar-refractivity contribution < 1.29 is 0 Å². The van der Waals surface area contributed by atoms with Crippen LogP contribution in [0.2, 0.25) is 0 Å². The molecule has 2 nitrogen and oxygen atoms in total. The number of imidazole rings is 1. The first-order chi connectivity index (χ1) is 16.5. The molecule has 3 heteroatoms. The molecule has 8 rings (SSSR count). The number of nitrogens with zero attached hydrogens (tertiary/aromatic N) is 2. The Balaban J connectivity index is 1.74. The topological polar surface area (TPSA) is 17.3 Å². The van der Waals surface area contributed by atoms with Crippen LogP contribution in [-0.4, -0.2) is 16.1 Å². The van der Waals surface area contributed by atoms with Crippen LogP contribution >= 0.6 is 0 Å². The minimum Gasteiger partial charge on any atom is -0.293 e. The van der Waals surface area contributed by atoms with Crippen LogP contribution in [-0.2, 0) is 5.41 Å². The molecule has 0 aliphatic carbocycles. The van der Waals surface area contributed by atoms with Gasteiger partial charge in [0.25, 0.3) is 0 Å². The van der Waals surface area contributed by atoms with Crippen LogP contribution in [0.1, 0.15) is 26.3 Å². The van der Waals surface area contributed by atoms with Gasteiger partial charge in [-0.1, -0.05) is 111 Å². The fraction of sp³-hybridized carbons (Fsp3) is 0.129. The van der Waals surface area contributed by atoms with E-state index in [2.05, 4.69) is 110 Å². The third-order valence-electron chi connectivity index (χ3n) is 7.85. The van der Waals surface area contributed by atoms with Crippen LogP contribution < -0.4 is 16.4 Å². The maximum atomic E-state index is 5.43. The highest BCUT2D eigenvalue weighted by Gasteiger charge is 2.37. The van der Waals surface area contributed by atoms with Crippen molar-refractivity contribution in [1.29, 1.82) is 0 Å². The van der Waals surface area contributed by atoms with Gasteiger partial charge < -0.3 is 0 Å². The van der Waals surface area contributed by atoms with Crippen LogP contribution in [0.25, 0.3) is 49.1 Å². The van der Waals surface area contributed by atoms with Crippen molar-refractivity contribution >= 4 is 72.2 Å². The van der Waals surface area contributed by atoms with E-state index in [1.807, 2.05) is 0 Å². The molecule has 0 unspecified atom stereocenters. The van der Waals surface area contributed by atoms with Crippen LogP contribution in [0.15, 0.2) is 84.9 Å². The molecule has 1 aliphatic heterocycles. The summed E-state index contributed by atoms with van der Waals surface area (Å²) in [6, 6.07) is 31.3. The van der Waals surface area contributed by atoms with Crippen molar-refractivity contribution in [1.82, 2.24) is 9.38 Å². The molecule has 2 aromatic heterocycles. The van der Waals surface area contributed by atoms with Crippen LogP contribution in [0.3, 0.4) is 0 Å². The summed E-state index contributed by atoms with van der Waals surface area (Å²) in [7, 11) is 0. The summed E-state index contributed by atoms with van der Waals surface area (Å²) in [4.78, 5) is 5.43. The van der Waals surface area contributed by atoms with Gasteiger partial charge in [0.2, 0.25) is 6.71 Å². The zero-order valence-corrected chi connectivity index (χ0v) is 19.6. The van der Waals surface area contributed by atoms with Gasteiger partial charge in [0, 0.05) is 10.8 Å². The first-order valence-corrected chi connectivity index (χ1v) is 12.1. The lowest BCUT2D eigenvalue weighted by molar-refractivity contribution is 0.600. The highest BCUT2D eigenvalue weighted by atomic mass is 15.0. The van der Waals surface area contributed by atoms with Crippen molar-refractivity contribution in [3.05, 3.63) is 90.5 Å². The van der Waals surface area contributed by atoms with Crippen LogP contribution in [0, 0.1) is 0 Å².